The Hall–Kier alpha value is -3.84. The number of aryl methyl sites for hydroxylation is 1. The third-order valence-electron chi connectivity index (χ3n) is 9.09. The molecule has 1 aromatic rings. The van der Waals surface area contributed by atoms with Gasteiger partial charge in [-0.3, -0.25) is 4.79 Å². The summed E-state index contributed by atoms with van der Waals surface area (Å²) in [6.07, 6.45) is 9.78. The number of carbonyl (C=O) groups excluding carboxylic acids is 3. The predicted octanol–water partition coefficient (Wildman–Crippen LogP) is 5.06. The number of hydrogen-bond acceptors (Lipinski definition) is 11. The van der Waals surface area contributed by atoms with E-state index < -0.39 is 30.4 Å². The van der Waals surface area contributed by atoms with Crippen LogP contribution >= 0.6 is 0 Å². The van der Waals surface area contributed by atoms with Crippen LogP contribution in [0.5, 0.6) is 0 Å². The number of fused-ring (bicyclic) bond motifs is 4. The van der Waals surface area contributed by atoms with Crippen LogP contribution in [0.4, 0.5) is 4.79 Å². The summed E-state index contributed by atoms with van der Waals surface area (Å²) in [5.41, 5.74) is 0.633. The monoisotopic (exact) mass is 696 g/mol. The van der Waals surface area contributed by atoms with Crippen LogP contribution in [0.15, 0.2) is 22.8 Å². The van der Waals surface area contributed by atoms with Gasteiger partial charge in [0, 0.05) is 51.6 Å². The lowest BCUT2D eigenvalue weighted by atomic mass is 9.86. The Kier molecular flexibility index (Phi) is 15.7. The number of amides is 1. The van der Waals surface area contributed by atoms with Crippen molar-refractivity contribution >= 4 is 18.0 Å². The molecule has 0 unspecified atom stereocenters. The Morgan fingerprint density at radius 3 is 2.62 bits per heavy atom. The maximum absolute atomic E-state index is 13.3. The molecule has 3 aliphatic rings. The summed E-state index contributed by atoms with van der Waals surface area (Å²) >= 11 is 0. The van der Waals surface area contributed by atoms with E-state index in [1.807, 2.05) is 6.08 Å². The number of nitrogens with one attached hydrogen (secondary N) is 1. The molecule has 0 spiro atoms. The van der Waals surface area contributed by atoms with Gasteiger partial charge >= 0.3 is 18.0 Å². The lowest BCUT2D eigenvalue weighted by Crippen LogP contribution is -2.43. The summed E-state index contributed by atoms with van der Waals surface area (Å²) in [6, 6.07) is 0. The number of methoxy groups -OCH3 is 2. The van der Waals surface area contributed by atoms with Crippen molar-refractivity contribution in [1.29, 1.82) is 0 Å². The van der Waals surface area contributed by atoms with Gasteiger partial charge in [-0.2, -0.15) is 0 Å². The molecule has 12 nitrogen and oxygen atoms in total. The maximum Gasteiger partial charge on any atom is 0.407 e. The Labute approximate surface area is 295 Å². The minimum atomic E-state index is -0.634. The van der Waals surface area contributed by atoms with Gasteiger partial charge in [0.15, 0.2) is 0 Å². The molecule has 274 valence electrons. The van der Waals surface area contributed by atoms with Crippen molar-refractivity contribution in [2.45, 2.75) is 134 Å². The van der Waals surface area contributed by atoms with E-state index in [0.717, 1.165) is 25.7 Å². The summed E-state index contributed by atoms with van der Waals surface area (Å²) in [7, 11) is 2.98. The van der Waals surface area contributed by atoms with Crippen molar-refractivity contribution in [3.8, 4) is 23.7 Å². The van der Waals surface area contributed by atoms with E-state index >= 15 is 0 Å². The summed E-state index contributed by atoms with van der Waals surface area (Å²) in [4.78, 5) is 41.4. The van der Waals surface area contributed by atoms with Gasteiger partial charge in [0.1, 0.15) is 18.5 Å². The fourth-order valence-electron chi connectivity index (χ4n) is 6.46. The van der Waals surface area contributed by atoms with Crippen LogP contribution in [0.25, 0.3) is 0 Å². The number of alkyl carbamates (subject to hydrolysis) is 1. The summed E-state index contributed by atoms with van der Waals surface area (Å²) in [5.74, 6) is 11.0. The quantitative estimate of drug-likeness (QED) is 0.128. The van der Waals surface area contributed by atoms with Crippen LogP contribution in [0, 0.1) is 35.5 Å². The maximum atomic E-state index is 13.3. The van der Waals surface area contributed by atoms with Crippen LogP contribution in [-0.2, 0) is 44.4 Å². The number of carbonyl (C=O) groups is 3. The highest BCUT2D eigenvalue weighted by Crippen LogP contribution is 2.34. The molecule has 4 rings (SSSR count). The van der Waals surface area contributed by atoms with E-state index in [1.165, 1.54) is 13.4 Å². The molecule has 3 saturated heterocycles. The summed E-state index contributed by atoms with van der Waals surface area (Å²) < 4.78 is 40.5. The minimum Gasteiger partial charge on any atom is -0.458 e. The van der Waals surface area contributed by atoms with Gasteiger partial charge in [-0.1, -0.05) is 38.7 Å². The van der Waals surface area contributed by atoms with Gasteiger partial charge in [-0.25, -0.2) is 14.6 Å². The molecule has 8 atom stereocenters. The van der Waals surface area contributed by atoms with E-state index in [0.29, 0.717) is 56.1 Å². The van der Waals surface area contributed by atoms with Gasteiger partial charge in [0.05, 0.1) is 56.3 Å². The molecule has 50 heavy (non-hydrogen) atoms. The van der Waals surface area contributed by atoms with Crippen LogP contribution < -0.4 is 5.32 Å². The molecular formula is C38H52N2O10. The highest BCUT2D eigenvalue weighted by atomic mass is 16.6. The molecule has 0 saturated carbocycles. The lowest BCUT2D eigenvalue weighted by molar-refractivity contribution is -0.171. The van der Waals surface area contributed by atoms with Crippen molar-refractivity contribution in [3.63, 3.8) is 0 Å². The molecule has 1 aromatic heterocycles. The molecule has 1 amide bonds. The number of cyclic esters (lactones) is 1. The van der Waals surface area contributed by atoms with Gasteiger partial charge in [0.25, 0.3) is 5.89 Å². The second kappa shape index (κ2) is 20.1. The Morgan fingerprint density at radius 2 is 1.84 bits per heavy atom. The average Bonchev–Trinajstić information content (AvgIpc) is 3.52. The van der Waals surface area contributed by atoms with Crippen LogP contribution in [0.3, 0.4) is 0 Å². The molecule has 0 radical (unpaired) electrons. The van der Waals surface area contributed by atoms with Crippen molar-refractivity contribution < 1.29 is 47.2 Å². The summed E-state index contributed by atoms with van der Waals surface area (Å²) in [5, 5.41) is 2.44. The van der Waals surface area contributed by atoms with E-state index in [2.05, 4.69) is 65.6 Å². The first-order valence-corrected chi connectivity index (χ1v) is 17.7. The number of allylic oxidation sites excluding steroid dienone is 1. The number of hydrogen-bond donors (Lipinski definition) is 1. The zero-order chi connectivity index (χ0) is 35.9. The van der Waals surface area contributed by atoms with E-state index in [-0.39, 0.29) is 49.2 Å². The highest BCUT2D eigenvalue weighted by Gasteiger charge is 2.38. The van der Waals surface area contributed by atoms with Gasteiger partial charge < -0.3 is 38.2 Å². The molecule has 4 bridgehead atoms. The minimum absolute atomic E-state index is 0.00897. The molecule has 3 aliphatic heterocycles. The fraction of sp³-hybridized carbons (Fsp3) is 0.684. The van der Waals surface area contributed by atoms with Crippen molar-refractivity contribution in [2.24, 2.45) is 11.8 Å². The third kappa shape index (κ3) is 13.5. The normalized spacial score (nSPS) is 28.6. The first-order valence-electron chi connectivity index (χ1n) is 17.7. The van der Waals surface area contributed by atoms with E-state index in [1.54, 1.807) is 7.11 Å². The standard InChI is InChI=1S/C38H52N2O10/c1-25(2)10-8-12-28-18-29-16-15-26(3)34(48-29)22-30(44-4)19-31-20-32(21-33(47-31)23-37(42)49-28)50-36(41)14-7-6-11-27-24-46-35(40-27)13-9-17-39-38(43)45-5/h8,12,24-26,28-34H,6,10-11,15-23H2,1-5H3,(H,39,43)/b12-8+/t26-,28-,29-,30+,31+,32+,33+,34+/m0/s1. The molecular weight excluding hydrogens is 644 g/mol. The number of aromatic nitrogens is 1. The molecule has 12 heteroatoms. The second-order valence-electron chi connectivity index (χ2n) is 13.7. The Balaban J connectivity index is 1.36. The van der Waals surface area contributed by atoms with Crippen LogP contribution in [0.2, 0.25) is 0 Å². The SMILES string of the molecule is COC(=O)NCC#Cc1nc(CCC#CC(=O)O[C@@H]2C[C@H]3C[C@@H](OC)C[C@H]4O[C@@H](CC[C@@H]4C)C[C@H](/C=C/CC(C)C)OC(=O)C[C@@H](C2)O3)co1. The van der Waals surface area contributed by atoms with E-state index in [9.17, 15) is 14.4 Å². The topological polar surface area (TPSA) is 145 Å². The lowest BCUT2D eigenvalue weighted by Gasteiger charge is -2.40. The van der Waals surface area contributed by atoms with Gasteiger partial charge in [-0.15, -0.1) is 0 Å². The van der Waals surface area contributed by atoms with Crippen molar-refractivity contribution in [3.05, 3.63) is 30.0 Å². The smallest absolute Gasteiger partial charge is 0.407 e. The number of rotatable bonds is 8. The molecule has 0 aromatic carbocycles. The predicted molar refractivity (Wildman–Crippen MR) is 182 cm³/mol. The molecule has 3 fully saturated rings. The first kappa shape index (κ1) is 39.0. The summed E-state index contributed by atoms with van der Waals surface area (Å²) in [6.45, 7) is 6.62. The average molecular weight is 697 g/mol. The van der Waals surface area contributed by atoms with Crippen molar-refractivity contribution in [2.75, 3.05) is 20.8 Å². The molecule has 4 heterocycles. The Morgan fingerprint density at radius 1 is 1.04 bits per heavy atom. The van der Waals surface area contributed by atoms with E-state index in [4.69, 9.17) is 28.1 Å². The van der Waals surface area contributed by atoms with Gasteiger partial charge in [-0.05, 0) is 49.5 Å². The molecule has 1 N–H and O–H groups in total. The molecule has 0 aliphatic carbocycles. The van der Waals surface area contributed by atoms with Crippen LogP contribution in [0.1, 0.15) is 96.6 Å². The number of nitrogens with zero attached hydrogens (tertiary/aromatic N) is 1. The zero-order valence-corrected chi connectivity index (χ0v) is 29.9. The zero-order valence-electron chi connectivity index (χ0n) is 29.9. The number of oxazole rings is 1. The largest absolute Gasteiger partial charge is 0.458 e. The fourth-order valence-corrected chi connectivity index (χ4v) is 6.46. The number of ether oxygens (including phenoxy) is 6. The second-order valence-corrected chi connectivity index (χ2v) is 13.7. The Bertz CT molecular complexity index is 1420. The first-order chi connectivity index (χ1) is 24.1. The number of esters is 2. The highest BCUT2D eigenvalue weighted by molar-refractivity contribution is 5.88. The third-order valence-corrected chi connectivity index (χ3v) is 9.09. The van der Waals surface area contributed by atoms with Crippen molar-refractivity contribution in [1.82, 2.24) is 10.3 Å². The van der Waals surface area contributed by atoms with Gasteiger partial charge in [0.2, 0.25) is 0 Å². The van der Waals surface area contributed by atoms with Crippen LogP contribution in [-0.4, -0.2) is 86.5 Å².